The molecule has 0 bridgehead atoms. The number of aliphatic hydroxyl groups is 1. The lowest BCUT2D eigenvalue weighted by atomic mass is 10.0. The quantitative estimate of drug-likeness (QED) is 0.554. The number of hydrogen-bond acceptors (Lipinski definition) is 3. The molecule has 0 aliphatic rings. The van der Waals surface area contributed by atoms with E-state index in [1.54, 1.807) is 4.90 Å². The molecular weight excluding hydrogens is 228 g/mol. The fourth-order valence-electron chi connectivity index (χ4n) is 1.94. The van der Waals surface area contributed by atoms with Crippen molar-refractivity contribution in [1.29, 1.82) is 0 Å². The normalized spacial score (nSPS) is 12.4. The molecule has 0 radical (unpaired) electrons. The van der Waals surface area contributed by atoms with Crippen LogP contribution in [0.25, 0.3) is 0 Å². The Labute approximate surface area is 112 Å². The highest BCUT2D eigenvalue weighted by molar-refractivity contribution is 5.78. The third-order valence-corrected chi connectivity index (χ3v) is 3.20. The first kappa shape index (κ1) is 17.4. The number of nitrogens with one attached hydrogen (secondary N) is 1. The van der Waals surface area contributed by atoms with Crippen LogP contribution >= 0.6 is 0 Å². The molecule has 0 rings (SSSR count). The van der Waals surface area contributed by atoms with Crippen molar-refractivity contribution in [2.75, 3.05) is 33.3 Å². The zero-order chi connectivity index (χ0) is 13.8. The molecule has 2 N–H and O–H groups in total. The Morgan fingerprint density at radius 1 is 1.28 bits per heavy atom. The van der Waals surface area contributed by atoms with Gasteiger partial charge >= 0.3 is 0 Å². The Morgan fingerprint density at radius 3 is 2.61 bits per heavy atom. The van der Waals surface area contributed by atoms with Crippen molar-refractivity contribution in [2.45, 2.75) is 46.0 Å². The van der Waals surface area contributed by atoms with Crippen LogP contribution in [0.1, 0.15) is 46.0 Å². The van der Waals surface area contributed by atoms with E-state index < -0.39 is 0 Å². The van der Waals surface area contributed by atoms with E-state index >= 15 is 0 Å². The predicted molar refractivity (Wildman–Crippen MR) is 75.5 cm³/mol. The van der Waals surface area contributed by atoms with Crippen molar-refractivity contribution < 1.29 is 9.90 Å². The van der Waals surface area contributed by atoms with Gasteiger partial charge in [-0.2, -0.15) is 0 Å². The number of carbonyl (C=O) groups excluding carboxylic acids is 1. The van der Waals surface area contributed by atoms with Gasteiger partial charge < -0.3 is 15.3 Å². The van der Waals surface area contributed by atoms with Gasteiger partial charge in [0.25, 0.3) is 0 Å². The van der Waals surface area contributed by atoms with Crippen molar-refractivity contribution in [2.24, 2.45) is 5.92 Å². The topological polar surface area (TPSA) is 52.6 Å². The van der Waals surface area contributed by atoms with Gasteiger partial charge in [0.2, 0.25) is 5.91 Å². The minimum atomic E-state index is 0.129. The molecule has 0 aromatic carbocycles. The van der Waals surface area contributed by atoms with Gasteiger partial charge in [0.05, 0.1) is 6.61 Å². The van der Waals surface area contributed by atoms with Gasteiger partial charge in [-0.1, -0.05) is 39.5 Å². The summed E-state index contributed by atoms with van der Waals surface area (Å²) in [5.74, 6) is 0.363. The minimum Gasteiger partial charge on any atom is -0.395 e. The summed E-state index contributed by atoms with van der Waals surface area (Å²) in [5, 5.41) is 11.7. The number of hydrogen-bond donors (Lipinski definition) is 2. The van der Waals surface area contributed by atoms with E-state index in [0.717, 1.165) is 19.4 Å². The lowest BCUT2D eigenvalue weighted by Gasteiger charge is -2.21. The van der Waals surface area contributed by atoms with Crippen LogP contribution < -0.4 is 5.32 Å². The van der Waals surface area contributed by atoms with E-state index in [1.807, 2.05) is 14.0 Å². The molecule has 0 aromatic rings. The number of carbonyl (C=O) groups is 1. The summed E-state index contributed by atoms with van der Waals surface area (Å²) < 4.78 is 0. The second kappa shape index (κ2) is 11.5. The largest absolute Gasteiger partial charge is 0.395 e. The Morgan fingerprint density at radius 2 is 2.00 bits per heavy atom. The van der Waals surface area contributed by atoms with Crippen LogP contribution in [-0.2, 0) is 4.79 Å². The van der Waals surface area contributed by atoms with Crippen molar-refractivity contribution >= 4 is 5.91 Å². The molecule has 0 spiro atoms. The van der Waals surface area contributed by atoms with Gasteiger partial charge in [-0.3, -0.25) is 4.79 Å². The molecule has 4 nitrogen and oxygen atoms in total. The number of rotatable bonds is 11. The first-order valence-electron chi connectivity index (χ1n) is 7.20. The molecule has 0 aliphatic heterocycles. The number of aliphatic hydroxyl groups excluding tert-OH is 1. The average Bonchev–Trinajstić information content (AvgIpc) is 2.38. The molecule has 0 saturated carbocycles. The summed E-state index contributed by atoms with van der Waals surface area (Å²) in [6.07, 6.45) is 5.88. The van der Waals surface area contributed by atoms with E-state index in [4.69, 9.17) is 5.11 Å². The summed E-state index contributed by atoms with van der Waals surface area (Å²) in [5.41, 5.74) is 0. The van der Waals surface area contributed by atoms with Gasteiger partial charge in [0.15, 0.2) is 0 Å². The molecule has 0 saturated heterocycles. The maximum Gasteiger partial charge on any atom is 0.225 e. The van der Waals surface area contributed by atoms with Crippen molar-refractivity contribution in [3.8, 4) is 0 Å². The minimum absolute atomic E-state index is 0.129. The highest BCUT2D eigenvalue weighted by atomic mass is 16.3. The molecule has 0 heterocycles. The fraction of sp³-hybridized carbons (Fsp3) is 0.929. The van der Waals surface area contributed by atoms with E-state index in [1.165, 1.54) is 19.3 Å². The summed E-state index contributed by atoms with van der Waals surface area (Å²) in [6.45, 7) is 6.40. The van der Waals surface area contributed by atoms with Crippen LogP contribution in [0.5, 0.6) is 0 Å². The molecule has 108 valence electrons. The zero-order valence-electron chi connectivity index (χ0n) is 12.2. The van der Waals surface area contributed by atoms with Crippen LogP contribution in [0.4, 0.5) is 0 Å². The van der Waals surface area contributed by atoms with Crippen LogP contribution in [0.15, 0.2) is 0 Å². The van der Waals surface area contributed by atoms with Gasteiger partial charge in [0, 0.05) is 32.6 Å². The summed E-state index contributed by atoms with van der Waals surface area (Å²) in [6, 6.07) is 0. The number of nitrogens with zero attached hydrogens (tertiary/aromatic N) is 1. The molecule has 18 heavy (non-hydrogen) atoms. The molecular formula is C14H30N2O2. The van der Waals surface area contributed by atoms with Gasteiger partial charge in [-0.05, 0) is 6.42 Å². The predicted octanol–water partition coefficient (Wildman–Crippen LogP) is 1.63. The van der Waals surface area contributed by atoms with Crippen LogP contribution in [0.2, 0.25) is 0 Å². The van der Waals surface area contributed by atoms with E-state index in [2.05, 4.69) is 12.2 Å². The summed E-state index contributed by atoms with van der Waals surface area (Å²) in [7, 11) is 1.85. The number of amides is 1. The Hall–Kier alpha value is -0.610. The zero-order valence-corrected chi connectivity index (χ0v) is 12.2. The molecule has 1 unspecified atom stereocenters. The van der Waals surface area contributed by atoms with E-state index in [9.17, 15) is 4.79 Å². The van der Waals surface area contributed by atoms with Gasteiger partial charge in [-0.25, -0.2) is 0 Å². The van der Waals surface area contributed by atoms with Crippen molar-refractivity contribution in [1.82, 2.24) is 10.2 Å². The average molecular weight is 258 g/mol. The second-order valence-electron chi connectivity index (χ2n) is 4.98. The van der Waals surface area contributed by atoms with Crippen molar-refractivity contribution in [3.05, 3.63) is 0 Å². The third kappa shape index (κ3) is 8.48. The first-order valence-corrected chi connectivity index (χ1v) is 7.20. The maximum absolute atomic E-state index is 12.0. The van der Waals surface area contributed by atoms with Crippen LogP contribution in [0, 0.1) is 5.92 Å². The highest BCUT2D eigenvalue weighted by Gasteiger charge is 2.16. The highest BCUT2D eigenvalue weighted by Crippen LogP contribution is 2.12. The number of likely N-dealkylation sites (N-methyl/N-ethyl adjacent to an activating group) is 1. The second-order valence-corrected chi connectivity index (χ2v) is 4.98. The Bertz CT molecular complexity index is 190. The Kier molecular flexibility index (Phi) is 11.1. The molecule has 1 amide bonds. The SMILES string of the molecule is CCCCCCC(C)C(=O)N(C)CCNCCO. The third-order valence-electron chi connectivity index (χ3n) is 3.20. The molecule has 0 fully saturated rings. The lowest BCUT2D eigenvalue weighted by molar-refractivity contribution is -0.133. The Balaban J connectivity index is 3.68. The summed E-state index contributed by atoms with van der Waals surface area (Å²) >= 11 is 0. The van der Waals surface area contributed by atoms with Gasteiger partial charge in [0.1, 0.15) is 0 Å². The maximum atomic E-state index is 12.0. The first-order chi connectivity index (χ1) is 8.63. The van der Waals surface area contributed by atoms with Crippen LogP contribution in [-0.4, -0.2) is 49.2 Å². The van der Waals surface area contributed by atoms with E-state index in [0.29, 0.717) is 13.1 Å². The monoisotopic (exact) mass is 258 g/mol. The molecule has 0 aliphatic carbocycles. The van der Waals surface area contributed by atoms with Gasteiger partial charge in [-0.15, -0.1) is 0 Å². The number of unbranched alkanes of at least 4 members (excludes halogenated alkanes) is 3. The smallest absolute Gasteiger partial charge is 0.225 e. The van der Waals surface area contributed by atoms with Crippen molar-refractivity contribution in [3.63, 3.8) is 0 Å². The summed E-state index contributed by atoms with van der Waals surface area (Å²) in [4.78, 5) is 13.8. The molecule has 4 heteroatoms. The van der Waals surface area contributed by atoms with E-state index in [-0.39, 0.29) is 18.4 Å². The standard InChI is InChI=1S/C14H30N2O2/c1-4-5-6-7-8-13(2)14(18)16(3)11-9-15-10-12-17/h13,15,17H,4-12H2,1-3H3. The lowest BCUT2D eigenvalue weighted by Crippen LogP contribution is -2.37. The fourth-order valence-corrected chi connectivity index (χ4v) is 1.94. The molecule has 0 aromatic heterocycles. The molecule has 1 atom stereocenters. The van der Waals surface area contributed by atoms with Crippen LogP contribution in [0.3, 0.4) is 0 Å².